The molecule has 2 aliphatic heterocycles. The molecule has 1 aromatic rings. The van der Waals surface area contributed by atoms with Gasteiger partial charge in [-0.15, -0.1) is 0 Å². The Balaban J connectivity index is 1.86. The Hall–Kier alpha value is -1.44. The van der Waals surface area contributed by atoms with Crippen molar-refractivity contribution in [2.75, 3.05) is 24.6 Å². The maximum absolute atomic E-state index is 12.6. The quantitative estimate of drug-likeness (QED) is 0.899. The Labute approximate surface area is 136 Å². The molecule has 1 atom stereocenters. The van der Waals surface area contributed by atoms with Gasteiger partial charge in [0.05, 0.1) is 11.0 Å². The van der Waals surface area contributed by atoms with E-state index in [1.807, 2.05) is 6.07 Å². The van der Waals surface area contributed by atoms with Crippen molar-refractivity contribution in [2.45, 2.75) is 44.1 Å². The summed E-state index contributed by atoms with van der Waals surface area (Å²) in [5.41, 5.74) is 2.44. The monoisotopic (exact) mass is 338 g/mol. The van der Waals surface area contributed by atoms with E-state index < -0.39 is 10.0 Å². The summed E-state index contributed by atoms with van der Waals surface area (Å²) in [4.78, 5) is 13.6. The Kier molecular flexibility index (Phi) is 4.44. The highest BCUT2D eigenvalue weighted by atomic mass is 32.2. The molecule has 1 amide bonds. The summed E-state index contributed by atoms with van der Waals surface area (Å²) in [7, 11) is -3.62. The van der Waals surface area contributed by atoms with Crippen LogP contribution in [0.5, 0.6) is 0 Å². The molecule has 3 rings (SSSR count). The number of benzene rings is 1. The molecule has 0 aliphatic carbocycles. The minimum Gasteiger partial charge on any atom is -0.377 e. The number of fused-ring (bicyclic) bond motifs is 1. The van der Waals surface area contributed by atoms with E-state index in [-0.39, 0.29) is 23.5 Å². The fourth-order valence-electron chi connectivity index (χ4n) is 3.24. The second kappa shape index (κ2) is 6.22. The van der Waals surface area contributed by atoms with Crippen molar-refractivity contribution >= 4 is 21.6 Å². The second-order valence-electron chi connectivity index (χ2n) is 6.15. The van der Waals surface area contributed by atoms with Crippen LogP contribution < -0.4 is 9.62 Å². The molecule has 6 nitrogen and oxygen atoms in total. The number of anilines is 1. The van der Waals surface area contributed by atoms with E-state index in [9.17, 15) is 13.2 Å². The van der Waals surface area contributed by atoms with Gasteiger partial charge in [0.25, 0.3) is 0 Å². The van der Waals surface area contributed by atoms with Gasteiger partial charge in [0.1, 0.15) is 0 Å². The molecule has 1 saturated heterocycles. The SMILES string of the molecule is CC(=O)N1CCc2cc(C)c(S(=O)(=O)NCC3CCCO3)cc21. The Morgan fingerprint density at radius 3 is 2.87 bits per heavy atom. The molecule has 1 fully saturated rings. The van der Waals surface area contributed by atoms with Crippen LogP contribution in [0.15, 0.2) is 17.0 Å². The highest BCUT2D eigenvalue weighted by Crippen LogP contribution is 2.32. The van der Waals surface area contributed by atoms with E-state index in [2.05, 4.69) is 4.72 Å². The Bertz CT molecular complexity index is 724. The number of hydrogen-bond acceptors (Lipinski definition) is 4. The van der Waals surface area contributed by atoms with Crippen LogP contribution >= 0.6 is 0 Å². The molecule has 1 unspecified atom stereocenters. The summed E-state index contributed by atoms with van der Waals surface area (Å²) in [6, 6.07) is 3.50. The summed E-state index contributed by atoms with van der Waals surface area (Å²) in [6.45, 7) is 4.88. The van der Waals surface area contributed by atoms with Gasteiger partial charge in [0, 0.05) is 32.3 Å². The van der Waals surface area contributed by atoms with E-state index in [0.717, 1.165) is 24.8 Å². The number of ether oxygens (including phenoxy) is 1. The van der Waals surface area contributed by atoms with Crippen molar-refractivity contribution in [2.24, 2.45) is 0 Å². The summed E-state index contributed by atoms with van der Waals surface area (Å²) in [6.07, 6.45) is 2.56. The van der Waals surface area contributed by atoms with Gasteiger partial charge >= 0.3 is 0 Å². The van der Waals surface area contributed by atoms with Crippen molar-refractivity contribution in [3.63, 3.8) is 0 Å². The highest BCUT2D eigenvalue weighted by Gasteiger charge is 2.27. The van der Waals surface area contributed by atoms with Crippen LogP contribution in [-0.2, 0) is 26.0 Å². The number of rotatable bonds is 4. The lowest BCUT2D eigenvalue weighted by molar-refractivity contribution is -0.116. The van der Waals surface area contributed by atoms with Crippen LogP contribution in [-0.4, -0.2) is 40.1 Å². The average molecular weight is 338 g/mol. The number of nitrogens with zero attached hydrogens (tertiary/aromatic N) is 1. The lowest BCUT2D eigenvalue weighted by Crippen LogP contribution is -2.32. The molecule has 1 N–H and O–H groups in total. The van der Waals surface area contributed by atoms with Gasteiger partial charge in [-0.2, -0.15) is 0 Å². The molecule has 2 aliphatic rings. The van der Waals surface area contributed by atoms with Crippen molar-refractivity contribution in [1.82, 2.24) is 4.72 Å². The Morgan fingerprint density at radius 2 is 2.22 bits per heavy atom. The number of nitrogens with one attached hydrogen (secondary N) is 1. The van der Waals surface area contributed by atoms with E-state index in [1.54, 1.807) is 17.9 Å². The van der Waals surface area contributed by atoms with Crippen LogP contribution in [0.1, 0.15) is 30.9 Å². The molecule has 0 spiro atoms. The lowest BCUT2D eigenvalue weighted by atomic mass is 10.1. The first-order valence-electron chi connectivity index (χ1n) is 7.91. The van der Waals surface area contributed by atoms with Crippen LogP contribution in [0.25, 0.3) is 0 Å². The first-order chi connectivity index (χ1) is 10.9. The molecule has 0 radical (unpaired) electrons. The fourth-order valence-corrected chi connectivity index (χ4v) is 4.55. The maximum atomic E-state index is 12.6. The molecule has 126 valence electrons. The summed E-state index contributed by atoms with van der Waals surface area (Å²) < 4.78 is 33.3. The highest BCUT2D eigenvalue weighted by molar-refractivity contribution is 7.89. The molecule has 1 aromatic carbocycles. The molecule has 0 aromatic heterocycles. The molecule has 2 heterocycles. The molecule has 7 heteroatoms. The average Bonchev–Trinajstić information content (AvgIpc) is 3.13. The van der Waals surface area contributed by atoms with Crippen molar-refractivity contribution < 1.29 is 17.9 Å². The number of hydrogen-bond donors (Lipinski definition) is 1. The van der Waals surface area contributed by atoms with Crippen LogP contribution in [0.2, 0.25) is 0 Å². The number of amides is 1. The van der Waals surface area contributed by atoms with Gasteiger partial charge < -0.3 is 9.64 Å². The third-order valence-electron chi connectivity index (χ3n) is 4.47. The van der Waals surface area contributed by atoms with E-state index in [0.29, 0.717) is 24.4 Å². The van der Waals surface area contributed by atoms with Crippen LogP contribution in [0, 0.1) is 6.92 Å². The summed E-state index contributed by atoms with van der Waals surface area (Å²) >= 11 is 0. The zero-order chi connectivity index (χ0) is 16.6. The molecule has 0 saturated carbocycles. The first-order valence-corrected chi connectivity index (χ1v) is 9.39. The first kappa shape index (κ1) is 16.4. The van der Waals surface area contributed by atoms with Gasteiger partial charge in [-0.25, -0.2) is 13.1 Å². The molecular formula is C16H22N2O4S. The van der Waals surface area contributed by atoms with Gasteiger partial charge in [0.2, 0.25) is 15.9 Å². The van der Waals surface area contributed by atoms with Gasteiger partial charge in [-0.1, -0.05) is 6.07 Å². The fraction of sp³-hybridized carbons (Fsp3) is 0.562. The van der Waals surface area contributed by atoms with E-state index in [1.165, 1.54) is 6.92 Å². The second-order valence-corrected chi connectivity index (χ2v) is 7.89. The van der Waals surface area contributed by atoms with Crippen LogP contribution in [0.4, 0.5) is 5.69 Å². The van der Waals surface area contributed by atoms with Crippen LogP contribution in [0.3, 0.4) is 0 Å². The number of carbonyl (C=O) groups excluding carboxylic acids is 1. The molecular weight excluding hydrogens is 316 g/mol. The van der Waals surface area contributed by atoms with Crippen molar-refractivity contribution in [1.29, 1.82) is 0 Å². The topological polar surface area (TPSA) is 75.7 Å². The van der Waals surface area contributed by atoms with E-state index in [4.69, 9.17) is 4.74 Å². The minimum absolute atomic E-state index is 0.0479. The Morgan fingerprint density at radius 1 is 1.43 bits per heavy atom. The van der Waals surface area contributed by atoms with E-state index >= 15 is 0 Å². The number of aryl methyl sites for hydroxylation is 1. The predicted octanol–water partition coefficient (Wildman–Crippen LogP) is 1.36. The standard InChI is InChI=1S/C16H22N2O4S/c1-11-8-13-5-6-18(12(2)19)15(13)9-16(11)23(20,21)17-10-14-4-3-7-22-14/h8-9,14,17H,3-7,10H2,1-2H3. The third-order valence-corrected chi connectivity index (χ3v) is 6.03. The zero-order valence-corrected chi connectivity index (χ0v) is 14.3. The van der Waals surface area contributed by atoms with Gasteiger partial charge in [-0.05, 0) is 43.4 Å². The zero-order valence-electron chi connectivity index (χ0n) is 13.5. The minimum atomic E-state index is -3.62. The molecule has 0 bridgehead atoms. The largest absolute Gasteiger partial charge is 0.377 e. The smallest absolute Gasteiger partial charge is 0.240 e. The summed E-state index contributed by atoms with van der Waals surface area (Å²) in [5, 5.41) is 0. The lowest BCUT2D eigenvalue weighted by Gasteiger charge is -2.18. The van der Waals surface area contributed by atoms with Gasteiger partial charge in [-0.3, -0.25) is 4.79 Å². The van der Waals surface area contributed by atoms with Crippen molar-refractivity contribution in [3.05, 3.63) is 23.3 Å². The number of carbonyl (C=O) groups is 1. The maximum Gasteiger partial charge on any atom is 0.240 e. The predicted molar refractivity (Wildman–Crippen MR) is 87.1 cm³/mol. The molecule has 23 heavy (non-hydrogen) atoms. The normalized spacial score (nSPS) is 20.8. The van der Waals surface area contributed by atoms with Gasteiger partial charge in [0.15, 0.2) is 0 Å². The number of sulfonamides is 1. The van der Waals surface area contributed by atoms with Crippen molar-refractivity contribution in [3.8, 4) is 0 Å². The summed E-state index contributed by atoms with van der Waals surface area (Å²) in [5.74, 6) is -0.0664. The third kappa shape index (κ3) is 3.27.